The average Bonchev–Trinajstić information content (AvgIpc) is 2.71. The van der Waals surface area contributed by atoms with E-state index in [0.717, 1.165) is 19.6 Å². The number of amides is 2. The maximum atomic E-state index is 12.4. The van der Waals surface area contributed by atoms with E-state index in [9.17, 15) is 9.59 Å². The Kier molecular flexibility index (Phi) is 8.34. The number of nitrogens with zero attached hydrogens (tertiary/aromatic N) is 2. The number of morpholine rings is 1. The molecule has 9 heteroatoms. The Morgan fingerprint density at radius 2 is 1.71 bits per heavy atom. The van der Waals surface area contributed by atoms with Gasteiger partial charge in [0.05, 0.1) is 40.2 Å². The van der Waals surface area contributed by atoms with Gasteiger partial charge >= 0.3 is 0 Å². The molecule has 1 N–H and O–H groups in total. The van der Waals surface area contributed by atoms with Crippen LogP contribution in [0.15, 0.2) is 12.1 Å². The van der Waals surface area contributed by atoms with Gasteiger partial charge in [0, 0.05) is 45.2 Å². The number of ether oxygens (including phenoxy) is 4. The van der Waals surface area contributed by atoms with Crippen LogP contribution in [0, 0.1) is 0 Å². The average molecular weight is 395 g/mol. The van der Waals surface area contributed by atoms with Gasteiger partial charge in [-0.15, -0.1) is 0 Å². The minimum atomic E-state index is -0.266. The topological polar surface area (TPSA) is 89.6 Å². The van der Waals surface area contributed by atoms with Gasteiger partial charge in [0.25, 0.3) is 0 Å². The predicted molar refractivity (Wildman–Crippen MR) is 104 cm³/mol. The first-order chi connectivity index (χ1) is 13.5. The summed E-state index contributed by atoms with van der Waals surface area (Å²) in [6.07, 6.45) is 0. The number of methoxy groups -OCH3 is 3. The molecule has 1 aromatic rings. The summed E-state index contributed by atoms with van der Waals surface area (Å²) in [6, 6.07) is 3.29. The number of hydrogen-bond donors (Lipinski definition) is 1. The first kappa shape index (κ1) is 21.8. The third-order valence-electron chi connectivity index (χ3n) is 4.50. The molecule has 9 nitrogen and oxygen atoms in total. The quantitative estimate of drug-likeness (QED) is 0.652. The van der Waals surface area contributed by atoms with E-state index in [-0.39, 0.29) is 18.4 Å². The molecular formula is C19H29N3O6. The third kappa shape index (κ3) is 5.74. The number of rotatable bonds is 9. The third-order valence-corrected chi connectivity index (χ3v) is 4.50. The highest BCUT2D eigenvalue weighted by molar-refractivity contribution is 5.98. The lowest BCUT2D eigenvalue weighted by Gasteiger charge is -2.27. The zero-order valence-corrected chi connectivity index (χ0v) is 16.9. The number of hydrogen-bond acceptors (Lipinski definition) is 7. The van der Waals surface area contributed by atoms with E-state index in [1.54, 1.807) is 12.1 Å². The fourth-order valence-corrected chi connectivity index (χ4v) is 2.99. The van der Waals surface area contributed by atoms with Crippen LogP contribution in [0.1, 0.15) is 6.92 Å². The molecule has 1 aliphatic rings. The van der Waals surface area contributed by atoms with Crippen LogP contribution in [-0.2, 0) is 14.3 Å². The van der Waals surface area contributed by atoms with Gasteiger partial charge in [0.1, 0.15) is 6.54 Å². The van der Waals surface area contributed by atoms with Crippen molar-refractivity contribution in [3.63, 3.8) is 0 Å². The monoisotopic (exact) mass is 395 g/mol. The number of benzene rings is 1. The molecule has 2 amide bonds. The van der Waals surface area contributed by atoms with Crippen LogP contribution in [0.3, 0.4) is 0 Å². The lowest BCUT2D eigenvalue weighted by atomic mass is 10.2. The predicted octanol–water partition coefficient (Wildman–Crippen LogP) is 0.514. The van der Waals surface area contributed by atoms with Crippen molar-refractivity contribution in [2.24, 2.45) is 0 Å². The largest absolute Gasteiger partial charge is 0.493 e. The zero-order chi connectivity index (χ0) is 20.5. The lowest BCUT2D eigenvalue weighted by molar-refractivity contribution is -0.123. The Labute approximate surface area is 165 Å². The van der Waals surface area contributed by atoms with Crippen molar-refractivity contribution in [1.29, 1.82) is 0 Å². The van der Waals surface area contributed by atoms with Crippen molar-refractivity contribution < 1.29 is 28.5 Å². The Balaban J connectivity index is 2.04. The fraction of sp³-hybridized carbons (Fsp3) is 0.579. The van der Waals surface area contributed by atoms with E-state index in [1.165, 1.54) is 33.2 Å². The zero-order valence-electron chi connectivity index (χ0n) is 16.9. The summed E-state index contributed by atoms with van der Waals surface area (Å²) in [6.45, 7) is 5.72. The molecule has 0 unspecified atom stereocenters. The number of carbonyl (C=O) groups is 2. The molecule has 0 atom stereocenters. The number of nitrogens with one attached hydrogen (secondary N) is 1. The Morgan fingerprint density at radius 3 is 2.21 bits per heavy atom. The number of anilines is 1. The minimum Gasteiger partial charge on any atom is -0.493 e. The van der Waals surface area contributed by atoms with Crippen molar-refractivity contribution in [2.45, 2.75) is 6.92 Å². The number of carbonyl (C=O) groups excluding carboxylic acids is 2. The molecule has 0 spiro atoms. The van der Waals surface area contributed by atoms with Gasteiger partial charge in [0.2, 0.25) is 17.6 Å². The summed E-state index contributed by atoms with van der Waals surface area (Å²) < 4.78 is 21.3. The molecule has 1 saturated heterocycles. The molecule has 0 saturated carbocycles. The molecule has 0 aromatic heterocycles. The van der Waals surface area contributed by atoms with E-state index in [0.29, 0.717) is 42.7 Å². The summed E-state index contributed by atoms with van der Waals surface area (Å²) in [7, 11) is 4.50. The Hall–Kier alpha value is -2.52. The van der Waals surface area contributed by atoms with Crippen LogP contribution < -0.4 is 24.4 Å². The lowest BCUT2D eigenvalue weighted by Crippen LogP contribution is -2.44. The second kappa shape index (κ2) is 10.7. The fourth-order valence-electron chi connectivity index (χ4n) is 2.99. The molecule has 28 heavy (non-hydrogen) atoms. The first-order valence-corrected chi connectivity index (χ1v) is 9.15. The molecule has 2 rings (SSSR count). The molecule has 0 bridgehead atoms. The van der Waals surface area contributed by atoms with Gasteiger partial charge in [0.15, 0.2) is 11.5 Å². The molecule has 0 aliphatic carbocycles. The van der Waals surface area contributed by atoms with E-state index >= 15 is 0 Å². The highest BCUT2D eigenvalue weighted by Crippen LogP contribution is 2.41. The van der Waals surface area contributed by atoms with Crippen molar-refractivity contribution in [2.75, 3.05) is 72.2 Å². The van der Waals surface area contributed by atoms with Crippen molar-refractivity contribution >= 4 is 17.5 Å². The second-order valence-corrected chi connectivity index (χ2v) is 6.29. The van der Waals surface area contributed by atoms with Crippen LogP contribution >= 0.6 is 0 Å². The van der Waals surface area contributed by atoms with E-state index in [2.05, 4.69) is 10.2 Å². The maximum absolute atomic E-state index is 12.4. The SMILES string of the molecule is COc1cc(N(CC(=O)NCCN2CCOCC2)C(C)=O)cc(OC)c1OC. The smallest absolute Gasteiger partial charge is 0.240 e. The van der Waals surface area contributed by atoms with Gasteiger partial charge in [-0.2, -0.15) is 0 Å². The van der Waals surface area contributed by atoms with E-state index in [4.69, 9.17) is 18.9 Å². The summed E-state index contributed by atoms with van der Waals surface area (Å²) in [5.41, 5.74) is 0.491. The van der Waals surface area contributed by atoms with Crippen LogP contribution in [0.5, 0.6) is 17.2 Å². The van der Waals surface area contributed by atoms with Gasteiger partial charge < -0.3 is 29.2 Å². The first-order valence-electron chi connectivity index (χ1n) is 9.15. The van der Waals surface area contributed by atoms with Crippen LogP contribution in [0.4, 0.5) is 5.69 Å². The molecule has 1 aromatic carbocycles. The summed E-state index contributed by atoms with van der Waals surface area (Å²) in [5, 5.41) is 2.86. The molecule has 156 valence electrons. The summed E-state index contributed by atoms with van der Waals surface area (Å²) in [5.74, 6) is 0.744. The highest BCUT2D eigenvalue weighted by atomic mass is 16.5. The highest BCUT2D eigenvalue weighted by Gasteiger charge is 2.21. The van der Waals surface area contributed by atoms with Gasteiger partial charge in [-0.05, 0) is 0 Å². The minimum absolute atomic E-state index is 0.100. The van der Waals surface area contributed by atoms with Gasteiger partial charge in [-0.3, -0.25) is 14.5 Å². The van der Waals surface area contributed by atoms with Gasteiger partial charge in [-0.25, -0.2) is 0 Å². The maximum Gasteiger partial charge on any atom is 0.240 e. The Morgan fingerprint density at radius 1 is 1.11 bits per heavy atom. The molecular weight excluding hydrogens is 366 g/mol. The molecule has 1 heterocycles. The molecule has 0 radical (unpaired) electrons. The van der Waals surface area contributed by atoms with Crippen molar-refractivity contribution in [1.82, 2.24) is 10.2 Å². The van der Waals surface area contributed by atoms with Crippen LogP contribution in [0.25, 0.3) is 0 Å². The molecule has 1 aliphatic heterocycles. The van der Waals surface area contributed by atoms with E-state index < -0.39 is 0 Å². The summed E-state index contributed by atoms with van der Waals surface area (Å²) in [4.78, 5) is 28.1. The van der Waals surface area contributed by atoms with Gasteiger partial charge in [-0.1, -0.05) is 0 Å². The second-order valence-electron chi connectivity index (χ2n) is 6.29. The van der Waals surface area contributed by atoms with E-state index in [1.807, 2.05) is 0 Å². The van der Waals surface area contributed by atoms with Crippen molar-refractivity contribution in [3.05, 3.63) is 12.1 Å². The van der Waals surface area contributed by atoms with Crippen LogP contribution in [0.2, 0.25) is 0 Å². The summed E-state index contributed by atoms with van der Waals surface area (Å²) >= 11 is 0. The molecule has 1 fully saturated rings. The van der Waals surface area contributed by atoms with Crippen LogP contribution in [-0.4, -0.2) is 84.0 Å². The standard InChI is InChI=1S/C19H29N3O6/c1-14(23)22(13-18(24)20-5-6-21-7-9-28-10-8-21)15-11-16(25-2)19(27-4)17(12-15)26-3/h11-12H,5-10,13H2,1-4H3,(H,20,24). The van der Waals surface area contributed by atoms with Crippen molar-refractivity contribution in [3.8, 4) is 17.2 Å². The normalized spacial score (nSPS) is 14.3. The Bertz CT molecular complexity index is 651.